The fourth-order valence-corrected chi connectivity index (χ4v) is 5.46. The van der Waals surface area contributed by atoms with Crippen LogP contribution >= 0.6 is 11.6 Å². The molecule has 0 saturated carbocycles. The number of nitrogens with zero attached hydrogens (tertiary/aromatic N) is 3. The number of benzene rings is 2. The Morgan fingerprint density at radius 1 is 1.08 bits per heavy atom. The van der Waals surface area contributed by atoms with Crippen LogP contribution in [-0.2, 0) is 17.4 Å². The Bertz CT molecular complexity index is 1120. The maximum absolute atomic E-state index is 13.3. The van der Waals surface area contributed by atoms with E-state index in [2.05, 4.69) is 22.3 Å². The van der Waals surface area contributed by atoms with E-state index in [0.29, 0.717) is 31.8 Å². The predicted molar refractivity (Wildman–Crippen MR) is 140 cm³/mol. The highest BCUT2D eigenvalue weighted by Crippen LogP contribution is 2.38. The molecule has 1 atom stereocenters. The minimum absolute atomic E-state index is 0.0478. The molecule has 11 heteroatoms. The number of hydrogen-bond donors (Lipinski definition) is 1. The number of carbonyl (C=O) groups excluding carboxylic acids is 1. The van der Waals surface area contributed by atoms with Crippen molar-refractivity contribution in [1.82, 2.24) is 9.80 Å². The van der Waals surface area contributed by atoms with Crippen LogP contribution in [-0.4, -0.2) is 59.4 Å². The van der Waals surface area contributed by atoms with Gasteiger partial charge in [0, 0.05) is 42.3 Å². The molecular formula is C27H32ClF3N4O3. The zero-order valence-corrected chi connectivity index (χ0v) is 21.8. The van der Waals surface area contributed by atoms with Crippen LogP contribution in [0.3, 0.4) is 0 Å². The van der Waals surface area contributed by atoms with E-state index in [1.165, 1.54) is 11.6 Å². The molecule has 0 radical (unpaired) electrons. The third kappa shape index (κ3) is 7.60. The maximum Gasteiger partial charge on any atom is 0.423 e. The lowest BCUT2D eigenvalue weighted by Gasteiger charge is -2.32. The first kappa shape index (κ1) is 28.2. The smallest absolute Gasteiger partial charge is 0.380 e. The van der Waals surface area contributed by atoms with E-state index in [-0.39, 0.29) is 17.6 Å². The molecule has 4 rings (SSSR count). The van der Waals surface area contributed by atoms with E-state index in [1.54, 1.807) is 4.90 Å². The van der Waals surface area contributed by atoms with Crippen LogP contribution < -0.4 is 5.32 Å². The van der Waals surface area contributed by atoms with Gasteiger partial charge < -0.3 is 15.1 Å². The lowest BCUT2D eigenvalue weighted by atomic mass is 9.90. The van der Waals surface area contributed by atoms with Gasteiger partial charge in [-0.05, 0) is 87.5 Å². The van der Waals surface area contributed by atoms with Gasteiger partial charge in [0.1, 0.15) is 5.56 Å². The Kier molecular flexibility index (Phi) is 9.15. The molecule has 2 aromatic rings. The van der Waals surface area contributed by atoms with Crippen LogP contribution in [0.15, 0.2) is 42.5 Å². The van der Waals surface area contributed by atoms with Crippen molar-refractivity contribution in [3.05, 3.63) is 68.7 Å². The monoisotopic (exact) mass is 552 g/mol. The predicted octanol–water partition coefficient (Wildman–Crippen LogP) is 6.01. The Morgan fingerprint density at radius 3 is 2.45 bits per heavy atom. The van der Waals surface area contributed by atoms with E-state index in [4.69, 9.17) is 11.6 Å². The summed E-state index contributed by atoms with van der Waals surface area (Å²) in [5.41, 5.74) is -0.794. The van der Waals surface area contributed by atoms with E-state index in [1.807, 2.05) is 12.1 Å². The number of likely N-dealkylation sites (tertiary alicyclic amines) is 2. The van der Waals surface area contributed by atoms with Crippen LogP contribution in [0.4, 0.5) is 24.5 Å². The number of amides is 1. The maximum atomic E-state index is 13.3. The van der Waals surface area contributed by atoms with E-state index in [0.717, 1.165) is 62.5 Å². The number of rotatable bonds is 9. The number of nitro benzene ring substituents is 1. The SMILES string of the molecule is O=C(CCCN1CCC(Cc2ccc(Cl)cc2)CC1)N1CC[C@H](Nc2ccc([N+](=O)[O-])c(C(F)(F)F)c2)C1. The lowest BCUT2D eigenvalue weighted by molar-refractivity contribution is -0.388. The molecule has 38 heavy (non-hydrogen) atoms. The first-order valence-electron chi connectivity index (χ1n) is 12.9. The van der Waals surface area contributed by atoms with Gasteiger partial charge in [-0.15, -0.1) is 0 Å². The van der Waals surface area contributed by atoms with Crippen molar-refractivity contribution in [2.45, 2.75) is 50.7 Å². The van der Waals surface area contributed by atoms with Gasteiger partial charge in [-0.25, -0.2) is 0 Å². The molecule has 0 aliphatic carbocycles. The van der Waals surface area contributed by atoms with E-state index < -0.39 is 22.4 Å². The number of nitrogens with one attached hydrogen (secondary N) is 1. The van der Waals surface area contributed by atoms with Crippen molar-refractivity contribution in [3.63, 3.8) is 0 Å². The number of hydrogen-bond acceptors (Lipinski definition) is 5. The highest BCUT2D eigenvalue weighted by atomic mass is 35.5. The third-order valence-corrected chi connectivity index (χ3v) is 7.67. The fourth-order valence-electron chi connectivity index (χ4n) is 5.33. The molecule has 2 saturated heterocycles. The Morgan fingerprint density at radius 2 is 1.79 bits per heavy atom. The molecule has 1 N–H and O–H groups in total. The van der Waals surface area contributed by atoms with Crippen LogP contribution in [0.2, 0.25) is 5.02 Å². The van der Waals surface area contributed by atoms with Gasteiger partial charge in [-0.2, -0.15) is 13.2 Å². The molecule has 0 spiro atoms. The minimum Gasteiger partial charge on any atom is -0.380 e. The summed E-state index contributed by atoms with van der Waals surface area (Å²) >= 11 is 5.97. The lowest BCUT2D eigenvalue weighted by Crippen LogP contribution is -2.36. The Balaban J connectivity index is 1.17. The topological polar surface area (TPSA) is 78.7 Å². The molecule has 2 heterocycles. The molecular weight excluding hydrogens is 521 g/mol. The van der Waals surface area contributed by atoms with Gasteiger partial charge in [0.05, 0.1) is 4.92 Å². The zero-order valence-electron chi connectivity index (χ0n) is 21.1. The zero-order chi connectivity index (χ0) is 27.3. The first-order chi connectivity index (χ1) is 18.1. The van der Waals surface area contributed by atoms with Crippen molar-refractivity contribution in [2.75, 3.05) is 38.0 Å². The minimum atomic E-state index is -4.83. The molecule has 2 fully saturated rings. The Labute approximate surface area is 225 Å². The van der Waals surface area contributed by atoms with Gasteiger partial charge in [-0.1, -0.05) is 23.7 Å². The third-order valence-electron chi connectivity index (χ3n) is 7.42. The highest BCUT2D eigenvalue weighted by Gasteiger charge is 2.38. The van der Waals surface area contributed by atoms with Crippen LogP contribution in [0.25, 0.3) is 0 Å². The summed E-state index contributed by atoms with van der Waals surface area (Å²) in [5, 5.41) is 14.7. The van der Waals surface area contributed by atoms with Crippen molar-refractivity contribution < 1.29 is 22.9 Å². The Hall–Kier alpha value is -2.85. The van der Waals surface area contributed by atoms with Gasteiger partial charge in [0.25, 0.3) is 5.69 Å². The van der Waals surface area contributed by atoms with Crippen molar-refractivity contribution in [2.24, 2.45) is 5.92 Å². The largest absolute Gasteiger partial charge is 0.423 e. The summed E-state index contributed by atoms with van der Waals surface area (Å²) in [6, 6.07) is 10.7. The van der Waals surface area contributed by atoms with Gasteiger partial charge >= 0.3 is 6.18 Å². The average molecular weight is 553 g/mol. The van der Waals surface area contributed by atoms with Crippen LogP contribution in [0.5, 0.6) is 0 Å². The second kappa shape index (κ2) is 12.3. The molecule has 2 aromatic carbocycles. The molecule has 7 nitrogen and oxygen atoms in total. The number of carbonyl (C=O) groups is 1. The van der Waals surface area contributed by atoms with Crippen LogP contribution in [0, 0.1) is 16.0 Å². The van der Waals surface area contributed by atoms with Crippen molar-refractivity contribution >= 4 is 28.9 Å². The van der Waals surface area contributed by atoms with Crippen molar-refractivity contribution in [3.8, 4) is 0 Å². The second-order valence-electron chi connectivity index (χ2n) is 10.2. The summed E-state index contributed by atoms with van der Waals surface area (Å²) in [6.07, 6.45) is 0.309. The standard InChI is InChI=1S/C27H32ClF3N4O3/c28-21-5-3-19(4-6-21)16-20-9-13-33(14-10-20)12-1-2-26(36)34-15-11-23(18-34)32-22-7-8-25(35(37)38)24(17-22)27(29,30)31/h3-8,17,20,23,32H,1-2,9-16,18H2/t23-/m0/s1. The summed E-state index contributed by atoms with van der Waals surface area (Å²) in [6.45, 7) is 3.85. The number of nitro groups is 1. The molecule has 0 aromatic heterocycles. The highest BCUT2D eigenvalue weighted by molar-refractivity contribution is 6.30. The van der Waals surface area contributed by atoms with Gasteiger partial charge in [0.2, 0.25) is 5.91 Å². The number of anilines is 1. The molecule has 1 amide bonds. The fraction of sp³-hybridized carbons (Fsp3) is 0.519. The van der Waals surface area contributed by atoms with Crippen LogP contribution in [0.1, 0.15) is 43.2 Å². The molecule has 0 bridgehead atoms. The summed E-state index contributed by atoms with van der Waals surface area (Å²) in [4.78, 5) is 26.8. The molecule has 2 aliphatic heterocycles. The second-order valence-corrected chi connectivity index (χ2v) is 10.6. The number of alkyl halides is 3. The molecule has 206 valence electrons. The number of halogens is 4. The summed E-state index contributed by atoms with van der Waals surface area (Å²) < 4.78 is 39.8. The normalized spacial score (nSPS) is 19.1. The van der Waals surface area contributed by atoms with Gasteiger partial charge in [0.15, 0.2) is 0 Å². The average Bonchev–Trinajstić information content (AvgIpc) is 3.34. The van der Waals surface area contributed by atoms with E-state index in [9.17, 15) is 28.1 Å². The summed E-state index contributed by atoms with van der Waals surface area (Å²) in [5.74, 6) is 0.706. The number of piperidine rings is 1. The van der Waals surface area contributed by atoms with E-state index >= 15 is 0 Å². The van der Waals surface area contributed by atoms with Crippen molar-refractivity contribution in [1.29, 1.82) is 0 Å². The van der Waals surface area contributed by atoms with Gasteiger partial charge in [-0.3, -0.25) is 14.9 Å². The molecule has 2 aliphatic rings. The quantitative estimate of drug-likeness (QED) is 0.304. The summed E-state index contributed by atoms with van der Waals surface area (Å²) in [7, 11) is 0. The first-order valence-corrected chi connectivity index (χ1v) is 13.3. The molecule has 0 unspecified atom stereocenters.